The first-order valence-corrected chi connectivity index (χ1v) is 4.92. The first-order chi connectivity index (χ1) is 7.66. The molecular formula is C9H8ClN3O3. The maximum atomic E-state index is 11.4. The molecule has 2 rings (SSSR count). The van der Waals surface area contributed by atoms with Gasteiger partial charge in [-0.2, -0.15) is 0 Å². The van der Waals surface area contributed by atoms with Gasteiger partial charge in [-0.1, -0.05) is 11.6 Å². The van der Waals surface area contributed by atoms with Crippen LogP contribution in [0.15, 0.2) is 12.4 Å². The lowest BCUT2D eigenvalue weighted by Crippen LogP contribution is -2.45. The Morgan fingerprint density at radius 2 is 1.94 bits per heavy atom. The zero-order valence-corrected chi connectivity index (χ0v) is 8.98. The van der Waals surface area contributed by atoms with Crippen molar-refractivity contribution in [3.8, 4) is 0 Å². The number of morpholine rings is 1. The number of nitrogens with zero attached hydrogens (tertiary/aromatic N) is 3. The van der Waals surface area contributed by atoms with Crippen LogP contribution in [0.1, 0.15) is 5.69 Å². The van der Waals surface area contributed by atoms with Gasteiger partial charge in [0.25, 0.3) is 11.8 Å². The third-order valence-corrected chi connectivity index (χ3v) is 2.24. The first-order valence-electron chi connectivity index (χ1n) is 4.54. The molecule has 1 aromatic rings. The van der Waals surface area contributed by atoms with Crippen LogP contribution in [-0.2, 0) is 20.9 Å². The minimum atomic E-state index is -0.368. The third kappa shape index (κ3) is 2.34. The standard InChI is InChI=1S/C9H8ClN3O3/c10-7-2-11-6(1-12-7)3-13-8(14)4-16-5-9(13)15/h1-2H,3-5H2. The van der Waals surface area contributed by atoms with E-state index in [2.05, 4.69) is 9.97 Å². The molecule has 0 spiro atoms. The van der Waals surface area contributed by atoms with Crippen molar-refractivity contribution in [1.82, 2.24) is 14.9 Å². The van der Waals surface area contributed by atoms with Crippen LogP contribution in [0.4, 0.5) is 0 Å². The Morgan fingerprint density at radius 3 is 2.50 bits per heavy atom. The monoisotopic (exact) mass is 241 g/mol. The number of halogens is 1. The normalized spacial score (nSPS) is 16.7. The fourth-order valence-corrected chi connectivity index (χ4v) is 1.38. The maximum Gasteiger partial charge on any atom is 0.255 e. The van der Waals surface area contributed by atoms with Crippen molar-refractivity contribution in [3.63, 3.8) is 0 Å². The number of hydrogen-bond donors (Lipinski definition) is 0. The van der Waals surface area contributed by atoms with Crippen LogP contribution in [0.2, 0.25) is 5.15 Å². The number of aromatic nitrogens is 2. The van der Waals surface area contributed by atoms with E-state index in [1.54, 1.807) is 0 Å². The van der Waals surface area contributed by atoms with Crippen LogP contribution in [0, 0.1) is 0 Å². The minimum absolute atomic E-state index is 0.0766. The molecule has 2 heterocycles. The average Bonchev–Trinajstić information content (AvgIpc) is 2.26. The van der Waals surface area contributed by atoms with Gasteiger partial charge >= 0.3 is 0 Å². The number of amides is 2. The van der Waals surface area contributed by atoms with Crippen LogP contribution in [0.25, 0.3) is 0 Å². The molecule has 1 saturated heterocycles. The Balaban J connectivity index is 2.10. The number of carbonyl (C=O) groups excluding carboxylic acids is 2. The Bertz CT molecular complexity index is 405. The smallest absolute Gasteiger partial charge is 0.255 e. The van der Waals surface area contributed by atoms with Crippen LogP contribution in [-0.4, -0.2) is 39.9 Å². The molecule has 1 fully saturated rings. The maximum absolute atomic E-state index is 11.4. The molecule has 0 saturated carbocycles. The van der Waals surface area contributed by atoms with Gasteiger partial charge in [-0.3, -0.25) is 19.5 Å². The number of rotatable bonds is 2. The molecule has 2 amide bonds. The highest BCUT2D eigenvalue weighted by Crippen LogP contribution is 2.08. The van der Waals surface area contributed by atoms with Crippen molar-refractivity contribution < 1.29 is 14.3 Å². The Labute approximate surface area is 96.2 Å². The molecule has 0 bridgehead atoms. The van der Waals surface area contributed by atoms with Crippen LogP contribution >= 0.6 is 11.6 Å². The number of imide groups is 1. The lowest BCUT2D eigenvalue weighted by atomic mass is 10.3. The summed E-state index contributed by atoms with van der Waals surface area (Å²) in [6.07, 6.45) is 2.80. The topological polar surface area (TPSA) is 72.4 Å². The Morgan fingerprint density at radius 1 is 1.25 bits per heavy atom. The van der Waals surface area contributed by atoms with Gasteiger partial charge in [0.05, 0.1) is 24.6 Å². The Kier molecular flexibility index (Phi) is 3.12. The fourth-order valence-electron chi connectivity index (χ4n) is 1.28. The molecule has 0 unspecified atom stereocenters. The molecule has 1 aliphatic heterocycles. The summed E-state index contributed by atoms with van der Waals surface area (Å²) >= 11 is 5.57. The quantitative estimate of drug-likeness (QED) is 0.683. The molecule has 7 heteroatoms. The van der Waals surface area contributed by atoms with E-state index < -0.39 is 0 Å². The fraction of sp³-hybridized carbons (Fsp3) is 0.333. The van der Waals surface area contributed by atoms with Crippen molar-refractivity contribution in [1.29, 1.82) is 0 Å². The van der Waals surface area contributed by atoms with E-state index >= 15 is 0 Å². The molecule has 84 valence electrons. The average molecular weight is 242 g/mol. The van der Waals surface area contributed by atoms with Gasteiger partial charge < -0.3 is 4.74 Å². The van der Waals surface area contributed by atoms with Gasteiger partial charge in [-0.05, 0) is 0 Å². The first kappa shape index (κ1) is 11.0. The van der Waals surface area contributed by atoms with E-state index in [-0.39, 0.29) is 36.7 Å². The van der Waals surface area contributed by atoms with Gasteiger partial charge in [0, 0.05) is 0 Å². The van der Waals surface area contributed by atoms with Crippen LogP contribution < -0.4 is 0 Å². The largest absolute Gasteiger partial charge is 0.362 e. The third-order valence-electron chi connectivity index (χ3n) is 2.05. The van der Waals surface area contributed by atoms with Crippen molar-refractivity contribution in [2.45, 2.75) is 6.54 Å². The van der Waals surface area contributed by atoms with Crippen molar-refractivity contribution in [2.75, 3.05) is 13.2 Å². The van der Waals surface area contributed by atoms with Crippen molar-refractivity contribution in [3.05, 3.63) is 23.2 Å². The minimum Gasteiger partial charge on any atom is -0.362 e. The molecule has 1 aliphatic rings. The summed E-state index contributed by atoms with van der Waals surface area (Å²) < 4.78 is 4.78. The van der Waals surface area contributed by atoms with E-state index in [4.69, 9.17) is 16.3 Å². The molecule has 0 atom stereocenters. The predicted octanol–water partition coefficient (Wildman–Crippen LogP) is 0.0154. The molecular weight excluding hydrogens is 234 g/mol. The molecule has 0 aliphatic carbocycles. The summed E-state index contributed by atoms with van der Waals surface area (Å²) in [7, 11) is 0. The highest BCUT2D eigenvalue weighted by molar-refractivity contribution is 6.29. The zero-order chi connectivity index (χ0) is 11.5. The highest BCUT2D eigenvalue weighted by Gasteiger charge is 2.26. The van der Waals surface area contributed by atoms with Gasteiger partial charge in [-0.25, -0.2) is 4.98 Å². The van der Waals surface area contributed by atoms with Gasteiger partial charge in [0.15, 0.2) is 0 Å². The second-order valence-corrected chi connectivity index (χ2v) is 3.58. The molecule has 0 N–H and O–H groups in total. The lowest BCUT2D eigenvalue weighted by molar-refractivity contribution is -0.159. The second-order valence-electron chi connectivity index (χ2n) is 3.20. The van der Waals surface area contributed by atoms with Gasteiger partial charge in [0.1, 0.15) is 18.4 Å². The van der Waals surface area contributed by atoms with E-state index in [9.17, 15) is 9.59 Å². The lowest BCUT2D eigenvalue weighted by Gasteiger charge is -2.24. The number of ether oxygens (including phenoxy) is 1. The summed E-state index contributed by atoms with van der Waals surface area (Å²) in [6, 6.07) is 0. The van der Waals surface area contributed by atoms with Crippen LogP contribution in [0.5, 0.6) is 0 Å². The summed E-state index contributed by atoms with van der Waals surface area (Å²) in [5.41, 5.74) is 0.507. The van der Waals surface area contributed by atoms with E-state index in [0.29, 0.717) is 5.69 Å². The molecule has 0 radical (unpaired) electrons. The van der Waals surface area contributed by atoms with Gasteiger partial charge in [0.2, 0.25) is 0 Å². The molecule has 16 heavy (non-hydrogen) atoms. The Hall–Kier alpha value is -1.53. The van der Waals surface area contributed by atoms with E-state index in [1.807, 2.05) is 0 Å². The zero-order valence-electron chi connectivity index (χ0n) is 8.22. The summed E-state index contributed by atoms with van der Waals surface area (Å²) in [5, 5.41) is 0.267. The van der Waals surface area contributed by atoms with Gasteiger partial charge in [-0.15, -0.1) is 0 Å². The summed E-state index contributed by atoms with van der Waals surface area (Å²) in [4.78, 5) is 31.6. The van der Waals surface area contributed by atoms with Crippen molar-refractivity contribution >= 4 is 23.4 Å². The van der Waals surface area contributed by atoms with Crippen LogP contribution in [0.3, 0.4) is 0 Å². The number of hydrogen-bond acceptors (Lipinski definition) is 5. The SMILES string of the molecule is O=C1COCC(=O)N1Cc1cnc(Cl)cn1. The van der Waals surface area contributed by atoms with E-state index in [0.717, 1.165) is 4.90 Å². The van der Waals surface area contributed by atoms with E-state index in [1.165, 1.54) is 12.4 Å². The summed E-state index contributed by atoms with van der Waals surface area (Å²) in [6.45, 7) is -0.0509. The van der Waals surface area contributed by atoms with Crippen molar-refractivity contribution in [2.24, 2.45) is 0 Å². The number of carbonyl (C=O) groups is 2. The second kappa shape index (κ2) is 4.54. The predicted molar refractivity (Wildman–Crippen MR) is 53.4 cm³/mol. The summed E-state index contributed by atoms with van der Waals surface area (Å²) in [5.74, 6) is -0.735. The highest BCUT2D eigenvalue weighted by atomic mass is 35.5. The molecule has 1 aromatic heterocycles. The molecule has 0 aromatic carbocycles. The molecule has 6 nitrogen and oxygen atoms in total.